The molecular weight excluding hydrogens is 599 g/mol. The van der Waals surface area contributed by atoms with E-state index in [0.29, 0.717) is 11.8 Å². The Balaban J connectivity index is 0.00000363. The Kier molecular flexibility index (Phi) is 7.96. The fraction of sp³-hybridized carbons (Fsp3) is 0.217. The van der Waals surface area contributed by atoms with Crippen LogP contribution >= 0.6 is 0 Å². The zero-order valence-corrected chi connectivity index (χ0v) is 20.0. The van der Waals surface area contributed by atoms with E-state index >= 15 is 0 Å². The molecule has 1 aromatic carbocycles. The Labute approximate surface area is 198 Å². The number of aromatic nitrogens is 2. The SMILES string of the molecule is C[N-]C(=O)C(C)(C)c1cccc(-c2nc(-c3[c-]ccc(C(=O)OC)c3)c(F)cc2F)n1.[Pt+2]. The second kappa shape index (κ2) is 10.1. The maximum atomic E-state index is 14.6. The van der Waals surface area contributed by atoms with Crippen molar-refractivity contribution < 1.29 is 44.2 Å². The summed E-state index contributed by atoms with van der Waals surface area (Å²) in [6.45, 7) is 3.31. The maximum Gasteiger partial charge on any atom is 2.00 e. The summed E-state index contributed by atoms with van der Waals surface area (Å²) in [5, 5.41) is 3.69. The molecule has 0 aliphatic carbocycles. The fourth-order valence-electron chi connectivity index (χ4n) is 2.99. The van der Waals surface area contributed by atoms with Gasteiger partial charge in [0.15, 0.2) is 5.82 Å². The first-order chi connectivity index (χ1) is 14.7. The molecule has 0 spiro atoms. The van der Waals surface area contributed by atoms with E-state index < -0.39 is 23.0 Å². The third-order valence-corrected chi connectivity index (χ3v) is 4.78. The molecule has 0 unspecified atom stereocenters. The zero-order valence-electron chi connectivity index (χ0n) is 17.7. The van der Waals surface area contributed by atoms with Crippen molar-refractivity contribution in [1.82, 2.24) is 9.97 Å². The molecule has 3 rings (SSSR count). The minimum atomic E-state index is -1.04. The number of benzene rings is 1. The molecule has 0 bridgehead atoms. The number of esters is 1. The number of amides is 1. The summed E-state index contributed by atoms with van der Waals surface area (Å²) in [6.07, 6.45) is 0. The first-order valence-corrected chi connectivity index (χ1v) is 9.27. The normalized spacial score (nSPS) is 10.8. The fourth-order valence-corrected chi connectivity index (χ4v) is 2.99. The van der Waals surface area contributed by atoms with Gasteiger partial charge in [-0.05, 0) is 31.5 Å². The van der Waals surface area contributed by atoms with Crippen LogP contribution in [0.2, 0.25) is 0 Å². The quantitative estimate of drug-likeness (QED) is 0.311. The zero-order chi connectivity index (χ0) is 22.8. The van der Waals surface area contributed by atoms with Crippen LogP contribution in [-0.4, -0.2) is 36.0 Å². The number of hydrogen-bond acceptors (Lipinski definition) is 5. The number of nitrogens with zero attached hydrogens (tertiary/aromatic N) is 3. The molecule has 0 saturated heterocycles. The van der Waals surface area contributed by atoms with Crippen molar-refractivity contribution in [1.29, 1.82) is 0 Å². The summed E-state index contributed by atoms with van der Waals surface area (Å²) in [4.78, 5) is 32.4. The molecule has 9 heteroatoms. The molecule has 32 heavy (non-hydrogen) atoms. The number of pyridine rings is 2. The number of hydrogen-bond donors (Lipinski definition) is 0. The van der Waals surface area contributed by atoms with E-state index in [1.54, 1.807) is 26.0 Å². The van der Waals surface area contributed by atoms with Gasteiger partial charge in [0.1, 0.15) is 11.5 Å². The summed E-state index contributed by atoms with van der Waals surface area (Å²) in [5.74, 6) is -2.84. The van der Waals surface area contributed by atoms with Crippen LogP contribution in [0.1, 0.15) is 29.9 Å². The number of halogens is 2. The Bertz CT molecular complexity index is 1170. The van der Waals surface area contributed by atoms with Gasteiger partial charge in [0, 0.05) is 17.2 Å². The second-order valence-corrected chi connectivity index (χ2v) is 7.19. The number of methoxy groups -OCH3 is 1. The first-order valence-electron chi connectivity index (χ1n) is 9.27. The van der Waals surface area contributed by atoms with Crippen molar-refractivity contribution in [3.63, 3.8) is 0 Å². The smallest absolute Gasteiger partial charge is 0.655 e. The van der Waals surface area contributed by atoms with E-state index in [-0.39, 0.29) is 55.2 Å². The first kappa shape index (κ1) is 25.3. The number of carbonyl (C=O) groups excluding carboxylic acids is 2. The largest absolute Gasteiger partial charge is 2.00 e. The molecule has 0 atom stereocenters. The summed E-state index contributed by atoms with van der Waals surface area (Å²) in [7, 11) is 2.62. The van der Waals surface area contributed by atoms with Crippen LogP contribution in [0.15, 0.2) is 42.5 Å². The molecular formula is C23H19F2N3O3Pt. The maximum absolute atomic E-state index is 14.6. The Morgan fingerprint density at radius 2 is 1.75 bits per heavy atom. The van der Waals surface area contributed by atoms with E-state index in [4.69, 9.17) is 0 Å². The third kappa shape index (κ3) is 4.91. The van der Waals surface area contributed by atoms with Gasteiger partial charge in [-0.1, -0.05) is 6.07 Å². The molecule has 168 valence electrons. The molecule has 2 heterocycles. The predicted octanol–water partition coefficient (Wildman–Crippen LogP) is 4.48. The molecule has 0 saturated carbocycles. The molecule has 0 aliphatic heterocycles. The van der Waals surface area contributed by atoms with Gasteiger partial charge in [0.05, 0.1) is 24.4 Å². The summed E-state index contributed by atoms with van der Waals surface area (Å²) in [6, 6.07) is 12.5. The van der Waals surface area contributed by atoms with Crippen molar-refractivity contribution in [2.24, 2.45) is 0 Å². The van der Waals surface area contributed by atoms with Gasteiger partial charge in [-0.3, -0.25) is 9.97 Å². The van der Waals surface area contributed by atoms with Crippen LogP contribution in [0.25, 0.3) is 28.0 Å². The summed E-state index contributed by atoms with van der Waals surface area (Å²) < 4.78 is 33.9. The minimum absolute atomic E-state index is 0. The van der Waals surface area contributed by atoms with Crippen molar-refractivity contribution >= 4 is 11.9 Å². The van der Waals surface area contributed by atoms with Crippen LogP contribution < -0.4 is 0 Å². The Morgan fingerprint density at radius 1 is 1.06 bits per heavy atom. The predicted molar refractivity (Wildman–Crippen MR) is 110 cm³/mol. The Morgan fingerprint density at radius 3 is 2.41 bits per heavy atom. The number of carbonyl (C=O) groups is 2. The summed E-state index contributed by atoms with van der Waals surface area (Å²) >= 11 is 0. The van der Waals surface area contributed by atoms with Crippen LogP contribution in [-0.2, 0) is 36.0 Å². The molecule has 3 aromatic rings. The average molecular weight is 618 g/mol. The number of likely N-dealkylation sites (N-methyl/N-ethyl adjacent to an activating group) is 1. The molecule has 2 aromatic heterocycles. The molecule has 0 aliphatic rings. The van der Waals surface area contributed by atoms with Crippen molar-refractivity contribution in [2.45, 2.75) is 19.3 Å². The van der Waals surface area contributed by atoms with Gasteiger partial charge < -0.3 is 14.8 Å². The average Bonchev–Trinajstić information content (AvgIpc) is 2.78. The van der Waals surface area contributed by atoms with E-state index in [1.165, 1.54) is 38.4 Å². The standard InChI is InChI=1S/C23H20F2N3O3.Pt/c1-23(2,22(30)26-3)18-10-6-9-17(27-18)20-16(25)12-15(24)19(28-20)13-7-5-8-14(11-13)21(29)31-4;/h5-6,8-12H,1-4H3,(H,26,30);/q-1;+2/p-1. The van der Waals surface area contributed by atoms with Gasteiger partial charge in [-0.2, -0.15) is 0 Å². The van der Waals surface area contributed by atoms with Gasteiger partial charge in [0.2, 0.25) is 0 Å². The number of ether oxygens (including phenoxy) is 1. The van der Waals surface area contributed by atoms with Crippen molar-refractivity contribution in [2.75, 3.05) is 14.2 Å². The topological polar surface area (TPSA) is 83.2 Å². The molecule has 0 radical (unpaired) electrons. The molecule has 0 fully saturated rings. The van der Waals surface area contributed by atoms with Crippen molar-refractivity contribution in [3.05, 3.63) is 76.7 Å². The van der Waals surface area contributed by atoms with E-state index in [2.05, 4.69) is 26.1 Å². The number of rotatable bonds is 5. The molecule has 0 N–H and O–H groups in total. The van der Waals surface area contributed by atoms with E-state index in [1.807, 2.05) is 0 Å². The van der Waals surface area contributed by atoms with Crippen LogP contribution in [0.4, 0.5) is 8.78 Å². The van der Waals surface area contributed by atoms with Gasteiger partial charge >= 0.3 is 27.0 Å². The van der Waals surface area contributed by atoms with Crippen LogP contribution in [0, 0.1) is 17.7 Å². The van der Waals surface area contributed by atoms with E-state index in [0.717, 1.165) is 0 Å². The van der Waals surface area contributed by atoms with Crippen LogP contribution in [0.3, 0.4) is 0 Å². The van der Waals surface area contributed by atoms with Crippen LogP contribution in [0.5, 0.6) is 0 Å². The third-order valence-electron chi connectivity index (χ3n) is 4.78. The van der Waals surface area contributed by atoms with Gasteiger partial charge in [-0.15, -0.1) is 36.9 Å². The summed E-state index contributed by atoms with van der Waals surface area (Å²) in [5.41, 5.74) is -0.623. The van der Waals surface area contributed by atoms with E-state index in [9.17, 15) is 18.4 Å². The van der Waals surface area contributed by atoms with Gasteiger partial charge in [0.25, 0.3) is 0 Å². The molecule has 1 amide bonds. The second-order valence-electron chi connectivity index (χ2n) is 7.19. The minimum Gasteiger partial charge on any atom is -0.655 e. The monoisotopic (exact) mass is 618 g/mol. The van der Waals surface area contributed by atoms with Crippen molar-refractivity contribution in [3.8, 4) is 22.6 Å². The van der Waals surface area contributed by atoms with Gasteiger partial charge in [-0.25, -0.2) is 13.6 Å². The Hall–Kier alpha value is -2.99. The molecule has 6 nitrogen and oxygen atoms in total.